The van der Waals surface area contributed by atoms with Crippen molar-refractivity contribution < 1.29 is 4.74 Å². The fourth-order valence-electron chi connectivity index (χ4n) is 3.25. The number of nitrogens with one attached hydrogen (secondary N) is 1. The van der Waals surface area contributed by atoms with Gasteiger partial charge in [-0.3, -0.25) is 4.90 Å². The van der Waals surface area contributed by atoms with Crippen LogP contribution in [0.4, 0.5) is 0 Å². The lowest BCUT2D eigenvalue weighted by Gasteiger charge is -2.25. The molecule has 0 amide bonds. The summed E-state index contributed by atoms with van der Waals surface area (Å²) >= 11 is 3.58. The molecule has 1 aromatic heterocycles. The van der Waals surface area contributed by atoms with E-state index in [2.05, 4.69) is 57.0 Å². The highest BCUT2D eigenvalue weighted by atomic mass is 79.9. The summed E-state index contributed by atoms with van der Waals surface area (Å²) in [6, 6.07) is 8.55. The molecule has 1 fully saturated rings. The van der Waals surface area contributed by atoms with Crippen molar-refractivity contribution in [3.8, 4) is 17.0 Å². The molecule has 2 heterocycles. The molecular weight excluding hydrogens is 340 g/mol. The van der Waals surface area contributed by atoms with Crippen LogP contribution in [0, 0.1) is 6.92 Å². The molecule has 1 N–H and O–H groups in total. The lowest BCUT2D eigenvalue weighted by atomic mass is 10.1. The third-order valence-electron chi connectivity index (χ3n) is 4.32. The normalized spacial score (nSPS) is 16.0. The van der Waals surface area contributed by atoms with Crippen molar-refractivity contribution in [3.05, 3.63) is 40.0 Å². The first-order valence-electron chi connectivity index (χ1n) is 7.92. The molecule has 2 aromatic rings. The van der Waals surface area contributed by atoms with E-state index in [1.165, 1.54) is 38.0 Å². The van der Waals surface area contributed by atoms with Gasteiger partial charge >= 0.3 is 0 Å². The number of H-pyrrole nitrogens is 1. The van der Waals surface area contributed by atoms with E-state index in [9.17, 15) is 0 Å². The molecule has 1 aliphatic rings. The maximum Gasteiger partial charge on any atom is 0.131 e. The Bertz CT molecular complexity index is 645. The van der Waals surface area contributed by atoms with Crippen LogP contribution in [-0.4, -0.2) is 30.1 Å². The topological polar surface area (TPSA) is 28.3 Å². The van der Waals surface area contributed by atoms with Crippen LogP contribution in [0.15, 0.2) is 28.7 Å². The van der Waals surface area contributed by atoms with E-state index in [0.717, 1.165) is 33.6 Å². The van der Waals surface area contributed by atoms with Gasteiger partial charge in [0.15, 0.2) is 0 Å². The minimum Gasteiger partial charge on any atom is -0.496 e. The predicted molar refractivity (Wildman–Crippen MR) is 94.3 cm³/mol. The molecule has 3 nitrogen and oxygen atoms in total. The third kappa shape index (κ3) is 3.39. The van der Waals surface area contributed by atoms with E-state index in [0.29, 0.717) is 0 Å². The van der Waals surface area contributed by atoms with E-state index in [1.807, 2.05) is 0 Å². The van der Waals surface area contributed by atoms with Crippen molar-refractivity contribution in [1.29, 1.82) is 0 Å². The van der Waals surface area contributed by atoms with Gasteiger partial charge in [-0.1, -0.05) is 22.4 Å². The van der Waals surface area contributed by atoms with Gasteiger partial charge in [0.1, 0.15) is 5.75 Å². The second-order valence-corrected chi connectivity index (χ2v) is 6.95. The van der Waals surface area contributed by atoms with Gasteiger partial charge in [0.2, 0.25) is 0 Å². The zero-order chi connectivity index (χ0) is 15.5. The molecule has 0 unspecified atom stereocenters. The Balaban J connectivity index is 1.84. The van der Waals surface area contributed by atoms with Crippen LogP contribution in [0.5, 0.6) is 5.75 Å². The van der Waals surface area contributed by atoms with Gasteiger partial charge in [0, 0.05) is 28.0 Å². The first-order valence-corrected chi connectivity index (χ1v) is 8.71. The van der Waals surface area contributed by atoms with Crippen LogP contribution in [0.2, 0.25) is 0 Å². The van der Waals surface area contributed by atoms with Crippen molar-refractivity contribution in [3.63, 3.8) is 0 Å². The average Bonchev–Trinajstić information content (AvgIpc) is 2.96. The summed E-state index contributed by atoms with van der Waals surface area (Å²) in [6.45, 7) is 5.52. The van der Waals surface area contributed by atoms with Crippen LogP contribution in [0.1, 0.15) is 30.5 Å². The highest BCUT2D eigenvalue weighted by Crippen LogP contribution is 2.35. The Hall–Kier alpha value is -1.26. The highest BCUT2D eigenvalue weighted by molar-refractivity contribution is 9.10. The van der Waals surface area contributed by atoms with Gasteiger partial charge in [-0.2, -0.15) is 0 Å². The molecule has 22 heavy (non-hydrogen) atoms. The molecule has 1 saturated heterocycles. The van der Waals surface area contributed by atoms with E-state index in [4.69, 9.17) is 4.74 Å². The van der Waals surface area contributed by atoms with E-state index >= 15 is 0 Å². The largest absolute Gasteiger partial charge is 0.496 e. The molecule has 1 aliphatic heterocycles. The number of rotatable bonds is 4. The third-order valence-corrected chi connectivity index (χ3v) is 4.78. The highest BCUT2D eigenvalue weighted by Gasteiger charge is 2.14. The summed E-state index contributed by atoms with van der Waals surface area (Å²) in [5.74, 6) is 0.939. The van der Waals surface area contributed by atoms with Crippen LogP contribution in [0.25, 0.3) is 11.3 Å². The number of likely N-dealkylation sites (tertiary alicyclic amines) is 1. The predicted octanol–water partition coefficient (Wildman–Crippen LogP) is 4.75. The number of aryl methyl sites for hydroxylation is 1. The van der Waals surface area contributed by atoms with Crippen LogP contribution in [0.3, 0.4) is 0 Å². The first kappa shape index (κ1) is 15.6. The molecular formula is C18H23BrN2O. The number of ether oxygens (including phenoxy) is 1. The second kappa shape index (κ2) is 6.88. The maximum absolute atomic E-state index is 5.59. The van der Waals surface area contributed by atoms with Crippen molar-refractivity contribution in [2.24, 2.45) is 0 Å². The van der Waals surface area contributed by atoms with E-state index in [1.54, 1.807) is 7.11 Å². The monoisotopic (exact) mass is 362 g/mol. The van der Waals surface area contributed by atoms with Gasteiger partial charge in [-0.05, 0) is 62.7 Å². The Labute approximate surface area is 140 Å². The summed E-state index contributed by atoms with van der Waals surface area (Å²) in [7, 11) is 1.73. The lowest BCUT2D eigenvalue weighted by molar-refractivity contribution is 0.219. The van der Waals surface area contributed by atoms with Crippen molar-refractivity contribution in [1.82, 2.24) is 9.88 Å². The number of aromatic nitrogens is 1. The van der Waals surface area contributed by atoms with E-state index < -0.39 is 0 Å². The first-order chi connectivity index (χ1) is 10.7. The summed E-state index contributed by atoms with van der Waals surface area (Å²) in [5, 5.41) is 0. The zero-order valence-corrected chi connectivity index (χ0v) is 14.9. The number of hydrogen-bond acceptors (Lipinski definition) is 2. The van der Waals surface area contributed by atoms with Gasteiger partial charge in [-0.25, -0.2) is 0 Å². The fourth-order valence-corrected chi connectivity index (χ4v) is 3.82. The Morgan fingerprint density at radius 1 is 1.18 bits per heavy atom. The number of hydrogen-bond donors (Lipinski definition) is 1. The van der Waals surface area contributed by atoms with Gasteiger partial charge in [0.05, 0.1) is 7.11 Å². The maximum atomic E-state index is 5.59. The molecule has 0 aliphatic carbocycles. The van der Waals surface area contributed by atoms with Crippen molar-refractivity contribution in [2.45, 2.75) is 32.7 Å². The summed E-state index contributed by atoms with van der Waals surface area (Å²) in [4.78, 5) is 6.09. The Kier molecular flexibility index (Phi) is 4.89. The molecule has 3 rings (SSSR count). The molecule has 1 aromatic carbocycles. The Morgan fingerprint density at radius 2 is 1.95 bits per heavy atom. The lowest BCUT2D eigenvalue weighted by Crippen LogP contribution is -2.29. The molecule has 0 spiro atoms. The number of piperidine rings is 1. The van der Waals surface area contributed by atoms with E-state index in [-0.39, 0.29) is 0 Å². The number of halogens is 1. The molecule has 4 heteroatoms. The van der Waals surface area contributed by atoms with Crippen LogP contribution >= 0.6 is 15.9 Å². The van der Waals surface area contributed by atoms with Crippen LogP contribution in [-0.2, 0) is 6.54 Å². The smallest absolute Gasteiger partial charge is 0.131 e. The number of aromatic amines is 1. The quantitative estimate of drug-likeness (QED) is 0.849. The molecule has 0 radical (unpaired) electrons. The van der Waals surface area contributed by atoms with Crippen LogP contribution < -0.4 is 4.74 Å². The van der Waals surface area contributed by atoms with Crippen molar-refractivity contribution in [2.75, 3.05) is 20.2 Å². The molecule has 0 atom stereocenters. The van der Waals surface area contributed by atoms with Gasteiger partial charge < -0.3 is 9.72 Å². The number of nitrogens with zero attached hydrogens (tertiary/aromatic N) is 1. The second-order valence-electron chi connectivity index (χ2n) is 6.04. The molecule has 0 saturated carbocycles. The van der Waals surface area contributed by atoms with Gasteiger partial charge in [-0.15, -0.1) is 0 Å². The standard InChI is InChI=1S/C18H23BrN2O/c1-13-10-14(19)11-16(18(13)22-2)17-7-6-15(20-17)12-21-8-4-3-5-9-21/h6-7,10-11,20H,3-5,8-9,12H2,1-2H3. The molecule has 118 valence electrons. The van der Waals surface area contributed by atoms with Gasteiger partial charge in [0.25, 0.3) is 0 Å². The molecule has 0 bridgehead atoms. The summed E-state index contributed by atoms with van der Waals surface area (Å²) < 4.78 is 6.67. The average molecular weight is 363 g/mol. The van der Waals surface area contributed by atoms with Crippen molar-refractivity contribution >= 4 is 15.9 Å². The fraction of sp³-hybridized carbons (Fsp3) is 0.444. The number of methoxy groups -OCH3 is 1. The summed E-state index contributed by atoms with van der Waals surface area (Å²) in [5.41, 5.74) is 4.64. The minimum atomic E-state index is 0.939. The minimum absolute atomic E-state index is 0.939. The summed E-state index contributed by atoms with van der Waals surface area (Å²) in [6.07, 6.45) is 4.03. The zero-order valence-electron chi connectivity index (χ0n) is 13.3. The number of benzene rings is 1. The SMILES string of the molecule is COc1c(C)cc(Br)cc1-c1ccc(CN2CCCCC2)[nH]1. The Morgan fingerprint density at radius 3 is 2.68 bits per heavy atom.